The average Bonchev–Trinajstić information content (AvgIpc) is 2.20. The van der Waals surface area contributed by atoms with E-state index in [1.807, 2.05) is 0 Å². The van der Waals surface area contributed by atoms with Crippen molar-refractivity contribution in [3.8, 4) is 0 Å². The van der Waals surface area contributed by atoms with Crippen molar-refractivity contribution < 1.29 is 23.9 Å². The number of amides is 2. The minimum Gasteiger partial charge on any atom is -0.458 e. The molecular formula is C15H23NO5. The lowest BCUT2D eigenvalue weighted by molar-refractivity contribution is -0.167. The van der Waals surface area contributed by atoms with E-state index in [2.05, 4.69) is 0 Å². The zero-order valence-corrected chi connectivity index (χ0v) is 13.6. The predicted octanol–water partition coefficient (Wildman–Crippen LogP) is 2.42. The highest BCUT2D eigenvalue weighted by Gasteiger charge is 2.53. The summed E-state index contributed by atoms with van der Waals surface area (Å²) in [7, 11) is 0. The van der Waals surface area contributed by atoms with Crippen LogP contribution in [-0.4, -0.2) is 40.1 Å². The van der Waals surface area contributed by atoms with Crippen LogP contribution in [0.1, 0.15) is 48.5 Å². The summed E-state index contributed by atoms with van der Waals surface area (Å²) in [6.07, 6.45) is 0.673. The first-order chi connectivity index (χ1) is 9.37. The molecule has 6 nitrogen and oxygen atoms in total. The second-order valence-electron chi connectivity index (χ2n) is 6.84. The lowest BCUT2D eigenvalue weighted by Crippen LogP contribution is -2.63. The smallest absolute Gasteiger partial charge is 0.418 e. The molecular weight excluding hydrogens is 274 g/mol. The van der Waals surface area contributed by atoms with Gasteiger partial charge in [-0.25, -0.2) is 14.5 Å². The van der Waals surface area contributed by atoms with Gasteiger partial charge < -0.3 is 9.47 Å². The van der Waals surface area contributed by atoms with E-state index in [0.717, 1.165) is 4.90 Å². The van der Waals surface area contributed by atoms with E-state index < -0.39 is 35.2 Å². The number of ether oxygens (including phenoxy) is 2. The monoisotopic (exact) mass is 297 g/mol. The zero-order valence-electron chi connectivity index (χ0n) is 13.6. The van der Waals surface area contributed by atoms with Gasteiger partial charge in [0.1, 0.15) is 11.2 Å². The van der Waals surface area contributed by atoms with E-state index in [0.29, 0.717) is 0 Å². The molecule has 1 aliphatic rings. The van der Waals surface area contributed by atoms with Gasteiger partial charge in [0.05, 0.1) is 0 Å². The van der Waals surface area contributed by atoms with Crippen LogP contribution < -0.4 is 0 Å². The molecule has 1 atom stereocenters. The number of carbonyl (C=O) groups is 3. The summed E-state index contributed by atoms with van der Waals surface area (Å²) < 4.78 is 10.4. The number of nitrogens with zero attached hydrogens (tertiary/aromatic N) is 1. The number of rotatable bonds is 1. The van der Waals surface area contributed by atoms with Crippen molar-refractivity contribution in [1.29, 1.82) is 0 Å². The number of carbonyl (C=O) groups excluding carboxylic acids is 3. The lowest BCUT2D eigenvalue weighted by Gasteiger charge is -2.40. The third-order valence-electron chi connectivity index (χ3n) is 2.55. The Morgan fingerprint density at radius 2 is 1.52 bits per heavy atom. The van der Waals surface area contributed by atoms with E-state index in [4.69, 9.17) is 9.47 Å². The molecule has 1 fully saturated rings. The molecule has 0 bridgehead atoms. The molecule has 118 valence electrons. The molecule has 6 heteroatoms. The molecule has 1 rings (SSSR count). The standard InChI is InChI=1S/C15H23NO5/c1-8-9-10(12(18)20-14(2,3)4)16(11(9)17)13(19)21-15(5,6)7/h8,10H,1-7H3/b9-8-/t10-/m0/s1. The third-order valence-corrected chi connectivity index (χ3v) is 2.55. The number of allylic oxidation sites excluding steroid dienone is 1. The fourth-order valence-electron chi connectivity index (χ4n) is 1.82. The largest absolute Gasteiger partial charge is 0.458 e. The molecule has 0 aliphatic carbocycles. The quantitative estimate of drug-likeness (QED) is 0.422. The Balaban J connectivity index is 2.95. The van der Waals surface area contributed by atoms with Gasteiger partial charge in [-0.15, -0.1) is 0 Å². The number of esters is 1. The van der Waals surface area contributed by atoms with Crippen LogP contribution in [0.25, 0.3) is 0 Å². The van der Waals surface area contributed by atoms with Gasteiger partial charge in [0.25, 0.3) is 5.91 Å². The van der Waals surface area contributed by atoms with E-state index in [1.54, 1.807) is 48.5 Å². The second kappa shape index (κ2) is 5.50. The number of β-lactam (4-membered cyclic amide) rings is 1. The summed E-state index contributed by atoms with van der Waals surface area (Å²) >= 11 is 0. The van der Waals surface area contributed by atoms with Crippen molar-refractivity contribution in [2.24, 2.45) is 0 Å². The molecule has 1 heterocycles. The first-order valence-electron chi connectivity index (χ1n) is 6.83. The third kappa shape index (κ3) is 4.06. The first-order valence-corrected chi connectivity index (χ1v) is 6.83. The molecule has 1 saturated heterocycles. The number of hydrogen-bond donors (Lipinski definition) is 0. The van der Waals surface area contributed by atoms with Gasteiger partial charge >= 0.3 is 12.1 Å². The Hall–Kier alpha value is -1.85. The fraction of sp³-hybridized carbons (Fsp3) is 0.667. The first kappa shape index (κ1) is 17.2. The van der Waals surface area contributed by atoms with Gasteiger partial charge in [-0.3, -0.25) is 4.79 Å². The Morgan fingerprint density at radius 1 is 1.05 bits per heavy atom. The van der Waals surface area contributed by atoms with Crippen molar-refractivity contribution >= 4 is 18.0 Å². The van der Waals surface area contributed by atoms with Crippen LogP contribution in [0.3, 0.4) is 0 Å². The molecule has 0 saturated carbocycles. The van der Waals surface area contributed by atoms with Crippen LogP contribution in [0.5, 0.6) is 0 Å². The lowest BCUT2D eigenvalue weighted by atomic mass is 9.94. The molecule has 0 aromatic heterocycles. The molecule has 0 aromatic rings. The number of hydrogen-bond acceptors (Lipinski definition) is 5. The molecule has 21 heavy (non-hydrogen) atoms. The average molecular weight is 297 g/mol. The van der Waals surface area contributed by atoms with Crippen molar-refractivity contribution in [3.63, 3.8) is 0 Å². The SMILES string of the molecule is C/C=C1\C(=O)N(C(=O)OC(C)(C)C)[C@@H]1C(=O)OC(C)(C)C. The van der Waals surface area contributed by atoms with Gasteiger partial charge in [-0.1, -0.05) is 6.08 Å². The van der Waals surface area contributed by atoms with Crippen molar-refractivity contribution in [1.82, 2.24) is 4.90 Å². The van der Waals surface area contributed by atoms with Gasteiger partial charge in [0.15, 0.2) is 6.04 Å². The summed E-state index contributed by atoms with van der Waals surface area (Å²) in [5.74, 6) is -1.16. The van der Waals surface area contributed by atoms with Crippen LogP contribution in [-0.2, 0) is 19.1 Å². The van der Waals surface area contributed by atoms with Gasteiger partial charge in [-0.2, -0.15) is 0 Å². The van der Waals surface area contributed by atoms with Crippen LogP contribution in [0.4, 0.5) is 4.79 Å². The van der Waals surface area contributed by atoms with Crippen molar-refractivity contribution in [2.75, 3.05) is 0 Å². The van der Waals surface area contributed by atoms with Crippen LogP contribution in [0.15, 0.2) is 11.6 Å². The zero-order chi connectivity index (χ0) is 16.6. The predicted molar refractivity (Wildman–Crippen MR) is 76.5 cm³/mol. The molecule has 0 spiro atoms. The highest BCUT2D eigenvalue weighted by molar-refractivity contribution is 6.17. The van der Waals surface area contributed by atoms with E-state index >= 15 is 0 Å². The topological polar surface area (TPSA) is 72.9 Å². The summed E-state index contributed by atoms with van der Waals surface area (Å²) in [6, 6.07) is -1.03. The summed E-state index contributed by atoms with van der Waals surface area (Å²) in [6.45, 7) is 11.9. The summed E-state index contributed by atoms with van der Waals surface area (Å²) in [5.41, 5.74) is -1.20. The maximum atomic E-state index is 12.2. The van der Waals surface area contributed by atoms with Gasteiger partial charge in [0, 0.05) is 5.57 Å². The summed E-state index contributed by atoms with van der Waals surface area (Å²) in [4.78, 5) is 37.0. The second-order valence-corrected chi connectivity index (χ2v) is 6.84. The van der Waals surface area contributed by atoms with Crippen LogP contribution >= 0.6 is 0 Å². The Kier molecular flexibility index (Phi) is 4.51. The number of imide groups is 1. The number of likely N-dealkylation sites (tertiary alicyclic amines) is 1. The molecule has 0 radical (unpaired) electrons. The Bertz CT molecular complexity index is 493. The van der Waals surface area contributed by atoms with E-state index in [-0.39, 0.29) is 5.57 Å². The van der Waals surface area contributed by atoms with Crippen molar-refractivity contribution in [3.05, 3.63) is 11.6 Å². The highest BCUT2D eigenvalue weighted by Crippen LogP contribution is 2.30. The van der Waals surface area contributed by atoms with E-state index in [1.165, 1.54) is 6.08 Å². The molecule has 1 aliphatic heterocycles. The highest BCUT2D eigenvalue weighted by atomic mass is 16.6. The van der Waals surface area contributed by atoms with Gasteiger partial charge in [-0.05, 0) is 48.5 Å². The van der Waals surface area contributed by atoms with Crippen molar-refractivity contribution in [2.45, 2.75) is 65.7 Å². The maximum absolute atomic E-state index is 12.2. The minimum atomic E-state index is -1.03. The van der Waals surface area contributed by atoms with Crippen LogP contribution in [0, 0.1) is 0 Å². The van der Waals surface area contributed by atoms with Crippen LogP contribution in [0.2, 0.25) is 0 Å². The normalized spacial score (nSPS) is 21.1. The molecule has 0 unspecified atom stereocenters. The maximum Gasteiger partial charge on any atom is 0.418 e. The Labute approximate surface area is 125 Å². The fourth-order valence-corrected chi connectivity index (χ4v) is 1.82. The van der Waals surface area contributed by atoms with Gasteiger partial charge in [0.2, 0.25) is 0 Å². The van der Waals surface area contributed by atoms with E-state index in [9.17, 15) is 14.4 Å². The minimum absolute atomic E-state index is 0.245. The molecule has 0 aromatic carbocycles. The molecule has 2 amide bonds. The summed E-state index contributed by atoms with van der Waals surface area (Å²) in [5, 5.41) is 0. The Morgan fingerprint density at radius 3 is 1.90 bits per heavy atom. The molecule has 0 N–H and O–H groups in total.